The molecule has 2 aromatic rings. The molecule has 94 valence electrons. The van der Waals surface area contributed by atoms with Crippen molar-refractivity contribution < 1.29 is 9.18 Å². The first-order chi connectivity index (χ1) is 8.54. The number of hydrogen-bond acceptors (Lipinski definition) is 2. The fourth-order valence-electron chi connectivity index (χ4n) is 1.97. The Hall–Kier alpha value is -1.68. The Morgan fingerprint density at radius 1 is 1.44 bits per heavy atom. The zero-order chi connectivity index (χ0) is 13.3. The summed E-state index contributed by atoms with van der Waals surface area (Å²) in [6, 6.07) is 4.68. The molecule has 0 N–H and O–H groups in total. The maximum atomic E-state index is 12.8. The molecule has 2 rings (SSSR count). The molecule has 0 aliphatic rings. The first-order valence-electron chi connectivity index (χ1n) is 5.44. The minimum absolute atomic E-state index is 0.0544. The second-order valence-electron chi connectivity index (χ2n) is 4.01. The fraction of sp³-hybridized carbons (Fsp3) is 0.231. The molecule has 18 heavy (non-hydrogen) atoms. The molecule has 0 fully saturated rings. The third kappa shape index (κ3) is 2.16. The van der Waals surface area contributed by atoms with Gasteiger partial charge in [0.2, 0.25) is 0 Å². The minimum Gasteiger partial charge on any atom is -0.302 e. The van der Waals surface area contributed by atoms with E-state index in [1.54, 1.807) is 16.7 Å². The van der Waals surface area contributed by atoms with Crippen molar-refractivity contribution in [2.75, 3.05) is 5.88 Å². The highest BCUT2D eigenvalue weighted by Crippen LogP contribution is 2.20. The van der Waals surface area contributed by atoms with E-state index in [4.69, 9.17) is 11.6 Å². The van der Waals surface area contributed by atoms with Gasteiger partial charge in [0.1, 0.15) is 11.6 Å². The first-order valence-corrected chi connectivity index (χ1v) is 5.98. The van der Waals surface area contributed by atoms with Crippen LogP contribution in [0.15, 0.2) is 24.4 Å². The molecule has 0 spiro atoms. The molecule has 5 heteroatoms. The van der Waals surface area contributed by atoms with Crippen molar-refractivity contribution in [1.82, 2.24) is 9.55 Å². The van der Waals surface area contributed by atoms with E-state index >= 15 is 0 Å². The Morgan fingerprint density at radius 2 is 2.17 bits per heavy atom. The third-order valence-corrected chi connectivity index (χ3v) is 3.04. The highest BCUT2D eigenvalue weighted by Gasteiger charge is 2.16. The second-order valence-corrected chi connectivity index (χ2v) is 4.28. The molecule has 0 bridgehead atoms. The molecule has 0 atom stereocenters. The van der Waals surface area contributed by atoms with E-state index in [1.807, 2.05) is 13.8 Å². The van der Waals surface area contributed by atoms with Crippen LogP contribution in [0.2, 0.25) is 0 Å². The molecule has 0 radical (unpaired) electrons. The van der Waals surface area contributed by atoms with Gasteiger partial charge < -0.3 is 4.57 Å². The number of carbonyl (C=O) groups excluding carboxylic acids is 1. The van der Waals surface area contributed by atoms with Crippen LogP contribution in [0.4, 0.5) is 4.39 Å². The molecule has 0 aliphatic heterocycles. The van der Waals surface area contributed by atoms with Gasteiger partial charge in [-0.2, -0.15) is 0 Å². The van der Waals surface area contributed by atoms with Gasteiger partial charge >= 0.3 is 0 Å². The number of Topliss-reactive ketones (excluding diaryl/α,β-unsaturated/α-hetero) is 1. The van der Waals surface area contributed by atoms with Crippen LogP contribution in [-0.2, 0) is 0 Å². The average molecular weight is 267 g/mol. The van der Waals surface area contributed by atoms with E-state index in [2.05, 4.69) is 4.98 Å². The summed E-state index contributed by atoms with van der Waals surface area (Å²) < 4.78 is 14.7. The van der Waals surface area contributed by atoms with Gasteiger partial charge in [-0.15, -0.1) is 11.6 Å². The Bertz CT molecular complexity index is 590. The average Bonchev–Trinajstić information content (AvgIpc) is 2.65. The molecule has 2 aromatic heterocycles. The standard InChI is InChI=1S/C13H12ClFN2O/c1-8-5-11(12(18)6-14)9(2)17(8)13-4-3-10(15)7-16-13/h3-5,7H,6H2,1-2H3. The van der Waals surface area contributed by atoms with E-state index in [0.29, 0.717) is 11.4 Å². The van der Waals surface area contributed by atoms with Gasteiger partial charge in [-0.25, -0.2) is 9.37 Å². The summed E-state index contributed by atoms with van der Waals surface area (Å²) in [4.78, 5) is 15.7. The summed E-state index contributed by atoms with van der Waals surface area (Å²) in [5, 5.41) is 0. The maximum Gasteiger partial charge on any atom is 0.179 e. The van der Waals surface area contributed by atoms with Gasteiger partial charge in [-0.05, 0) is 32.0 Å². The van der Waals surface area contributed by atoms with Gasteiger partial charge in [0, 0.05) is 17.0 Å². The quantitative estimate of drug-likeness (QED) is 0.632. The van der Waals surface area contributed by atoms with Gasteiger partial charge in [0.15, 0.2) is 5.78 Å². The minimum atomic E-state index is -0.390. The molecule has 0 saturated carbocycles. The van der Waals surface area contributed by atoms with Gasteiger partial charge in [0.05, 0.1) is 12.1 Å². The lowest BCUT2D eigenvalue weighted by atomic mass is 10.2. The number of pyridine rings is 1. The monoisotopic (exact) mass is 266 g/mol. The lowest BCUT2D eigenvalue weighted by Gasteiger charge is -2.08. The molecule has 0 unspecified atom stereocenters. The summed E-state index contributed by atoms with van der Waals surface area (Å²) in [6.45, 7) is 3.68. The molecule has 0 aromatic carbocycles. The highest BCUT2D eigenvalue weighted by molar-refractivity contribution is 6.30. The molecule has 0 saturated heterocycles. The van der Waals surface area contributed by atoms with Crippen LogP contribution in [0.5, 0.6) is 0 Å². The van der Waals surface area contributed by atoms with Crippen LogP contribution in [0.25, 0.3) is 5.82 Å². The van der Waals surface area contributed by atoms with Crippen molar-refractivity contribution in [2.45, 2.75) is 13.8 Å². The third-order valence-electron chi connectivity index (χ3n) is 2.79. The van der Waals surface area contributed by atoms with Crippen LogP contribution >= 0.6 is 11.6 Å². The van der Waals surface area contributed by atoms with Crippen molar-refractivity contribution in [1.29, 1.82) is 0 Å². The van der Waals surface area contributed by atoms with E-state index < -0.39 is 5.82 Å². The largest absolute Gasteiger partial charge is 0.302 e. The Morgan fingerprint density at radius 3 is 2.72 bits per heavy atom. The zero-order valence-corrected chi connectivity index (χ0v) is 10.8. The van der Waals surface area contributed by atoms with Crippen LogP contribution in [0, 0.1) is 19.7 Å². The number of aromatic nitrogens is 2. The number of hydrogen-bond donors (Lipinski definition) is 0. The van der Waals surface area contributed by atoms with E-state index in [9.17, 15) is 9.18 Å². The Labute approximate surface area is 109 Å². The summed E-state index contributed by atoms with van der Waals surface area (Å²) in [5.74, 6) is 0.0117. The van der Waals surface area contributed by atoms with Gasteiger partial charge in [-0.1, -0.05) is 0 Å². The van der Waals surface area contributed by atoms with Crippen molar-refractivity contribution in [2.24, 2.45) is 0 Å². The first kappa shape index (κ1) is 12.8. The number of nitrogens with zero attached hydrogens (tertiary/aromatic N) is 2. The number of alkyl halides is 1. The van der Waals surface area contributed by atoms with Crippen LogP contribution in [0.3, 0.4) is 0 Å². The topological polar surface area (TPSA) is 34.9 Å². The smallest absolute Gasteiger partial charge is 0.179 e. The maximum absolute atomic E-state index is 12.8. The van der Waals surface area contributed by atoms with Crippen LogP contribution in [-0.4, -0.2) is 21.2 Å². The lowest BCUT2D eigenvalue weighted by Crippen LogP contribution is -2.05. The van der Waals surface area contributed by atoms with Crippen molar-refractivity contribution in [3.05, 3.63) is 47.2 Å². The predicted molar refractivity (Wildman–Crippen MR) is 68.0 cm³/mol. The lowest BCUT2D eigenvalue weighted by molar-refractivity contribution is 0.102. The fourth-order valence-corrected chi connectivity index (χ4v) is 2.11. The van der Waals surface area contributed by atoms with Gasteiger partial charge in [-0.3, -0.25) is 4.79 Å². The summed E-state index contributed by atoms with van der Waals surface area (Å²) in [5.41, 5.74) is 2.20. The summed E-state index contributed by atoms with van der Waals surface area (Å²) >= 11 is 5.56. The van der Waals surface area contributed by atoms with Crippen molar-refractivity contribution in [3.63, 3.8) is 0 Å². The van der Waals surface area contributed by atoms with Crippen LogP contribution < -0.4 is 0 Å². The predicted octanol–water partition coefficient (Wildman–Crippen LogP) is 3.05. The number of ketones is 1. The number of carbonyl (C=O) groups is 1. The number of aryl methyl sites for hydroxylation is 1. The molecule has 3 nitrogen and oxygen atoms in total. The highest BCUT2D eigenvalue weighted by atomic mass is 35.5. The van der Waals surface area contributed by atoms with Crippen molar-refractivity contribution in [3.8, 4) is 5.82 Å². The second kappa shape index (κ2) is 4.90. The molecule has 2 heterocycles. The normalized spacial score (nSPS) is 10.7. The molecule has 0 amide bonds. The van der Waals surface area contributed by atoms with E-state index in [-0.39, 0.29) is 11.7 Å². The Balaban J connectivity index is 2.55. The molecular weight excluding hydrogens is 255 g/mol. The zero-order valence-electron chi connectivity index (χ0n) is 10.1. The Kier molecular flexibility index (Phi) is 3.48. The van der Waals surface area contributed by atoms with Crippen LogP contribution in [0.1, 0.15) is 21.7 Å². The summed E-state index contributed by atoms with van der Waals surface area (Å²) in [6.07, 6.45) is 1.15. The van der Waals surface area contributed by atoms with Gasteiger partial charge in [0.25, 0.3) is 0 Å². The van der Waals surface area contributed by atoms with Crippen molar-refractivity contribution >= 4 is 17.4 Å². The molecule has 0 aliphatic carbocycles. The molecular formula is C13H12ClFN2O. The number of halogens is 2. The SMILES string of the molecule is Cc1cc(C(=O)CCl)c(C)n1-c1ccc(F)cn1. The number of rotatable bonds is 3. The summed E-state index contributed by atoms with van der Waals surface area (Å²) in [7, 11) is 0. The van der Waals surface area contributed by atoms with E-state index in [0.717, 1.165) is 17.6 Å². The van der Waals surface area contributed by atoms with E-state index in [1.165, 1.54) is 6.07 Å².